The zero-order chi connectivity index (χ0) is 12.6. The number of ketones is 1. The number of hydrogen-bond acceptors (Lipinski definition) is 3. The van der Waals surface area contributed by atoms with Crippen molar-refractivity contribution in [3.63, 3.8) is 0 Å². The first-order valence-corrected chi connectivity index (χ1v) is 5.54. The van der Waals surface area contributed by atoms with Crippen LogP contribution in [0.3, 0.4) is 0 Å². The van der Waals surface area contributed by atoms with E-state index in [0.29, 0.717) is 10.6 Å². The lowest BCUT2D eigenvalue weighted by Gasteiger charge is -2.12. The van der Waals surface area contributed by atoms with Crippen molar-refractivity contribution in [2.75, 3.05) is 0 Å². The Bertz CT molecular complexity index is 529. The van der Waals surface area contributed by atoms with Gasteiger partial charge in [-0.1, -0.05) is 23.7 Å². The van der Waals surface area contributed by atoms with Crippen LogP contribution in [-0.4, -0.2) is 17.4 Å². The molecule has 17 heavy (non-hydrogen) atoms. The molecular formula is C13H11ClO3. The highest BCUT2D eigenvalue weighted by Gasteiger charge is 2.36. The first-order valence-electron chi connectivity index (χ1n) is 5.16. The maximum atomic E-state index is 12.1. The van der Waals surface area contributed by atoms with Gasteiger partial charge in [-0.25, -0.2) is 4.79 Å². The SMILES string of the molecule is CC1(C)C=C(C(=O)c2ccccc2Cl)C(=O)O1. The standard InChI is InChI=1S/C13H11ClO3/c1-13(2)7-9(12(16)17-13)11(15)8-5-3-4-6-10(8)14/h3-7H,1-2H3. The van der Waals surface area contributed by atoms with Crippen LogP contribution in [0.5, 0.6) is 0 Å². The quantitative estimate of drug-likeness (QED) is 0.461. The Balaban J connectivity index is 2.41. The van der Waals surface area contributed by atoms with Gasteiger partial charge in [0.15, 0.2) is 0 Å². The smallest absolute Gasteiger partial charge is 0.342 e. The Labute approximate surface area is 104 Å². The highest BCUT2D eigenvalue weighted by atomic mass is 35.5. The minimum Gasteiger partial charge on any atom is -0.452 e. The molecule has 0 saturated carbocycles. The van der Waals surface area contributed by atoms with Crippen LogP contribution in [0.2, 0.25) is 5.02 Å². The molecule has 0 saturated heterocycles. The average molecular weight is 251 g/mol. The molecule has 0 N–H and O–H groups in total. The molecule has 0 bridgehead atoms. The molecule has 1 aromatic rings. The minimum atomic E-state index is -0.733. The molecule has 4 heteroatoms. The van der Waals surface area contributed by atoms with E-state index in [-0.39, 0.29) is 5.57 Å². The molecule has 0 radical (unpaired) electrons. The Morgan fingerprint density at radius 2 is 1.94 bits per heavy atom. The second-order valence-electron chi connectivity index (χ2n) is 4.36. The van der Waals surface area contributed by atoms with Gasteiger partial charge in [-0.2, -0.15) is 0 Å². The fourth-order valence-electron chi connectivity index (χ4n) is 1.68. The molecule has 2 rings (SSSR count). The minimum absolute atomic E-state index is 0.0445. The van der Waals surface area contributed by atoms with Gasteiger partial charge in [0.05, 0.1) is 5.02 Å². The maximum absolute atomic E-state index is 12.1. The lowest BCUT2D eigenvalue weighted by molar-refractivity contribution is -0.143. The summed E-state index contributed by atoms with van der Waals surface area (Å²) < 4.78 is 5.05. The molecule has 1 heterocycles. The number of halogens is 1. The molecule has 1 aromatic carbocycles. The molecule has 1 aliphatic rings. The zero-order valence-corrected chi connectivity index (χ0v) is 10.2. The van der Waals surface area contributed by atoms with E-state index in [0.717, 1.165) is 0 Å². The van der Waals surface area contributed by atoms with Crippen LogP contribution in [0.4, 0.5) is 0 Å². The van der Waals surface area contributed by atoms with Crippen LogP contribution in [0.25, 0.3) is 0 Å². The van der Waals surface area contributed by atoms with Crippen molar-refractivity contribution in [3.8, 4) is 0 Å². The van der Waals surface area contributed by atoms with E-state index in [1.54, 1.807) is 38.1 Å². The molecule has 0 aliphatic carbocycles. The predicted molar refractivity (Wildman–Crippen MR) is 64.0 cm³/mol. The highest BCUT2D eigenvalue weighted by Crippen LogP contribution is 2.27. The third-order valence-corrected chi connectivity index (χ3v) is 2.76. The van der Waals surface area contributed by atoms with Crippen LogP contribution in [0.1, 0.15) is 24.2 Å². The summed E-state index contributed by atoms with van der Waals surface area (Å²) in [6, 6.07) is 6.63. The summed E-state index contributed by atoms with van der Waals surface area (Å²) in [6.07, 6.45) is 1.53. The van der Waals surface area contributed by atoms with Gasteiger partial charge in [-0.15, -0.1) is 0 Å². The summed E-state index contributed by atoms with van der Waals surface area (Å²) in [5.41, 5.74) is -0.373. The molecule has 0 atom stereocenters. The molecule has 3 nitrogen and oxygen atoms in total. The third-order valence-electron chi connectivity index (χ3n) is 2.43. The summed E-state index contributed by atoms with van der Waals surface area (Å²) in [5, 5.41) is 0.330. The van der Waals surface area contributed by atoms with Crippen molar-refractivity contribution in [1.29, 1.82) is 0 Å². The Morgan fingerprint density at radius 3 is 2.47 bits per heavy atom. The van der Waals surface area contributed by atoms with Crippen LogP contribution in [0.15, 0.2) is 35.9 Å². The normalized spacial score (nSPS) is 17.6. The molecule has 88 valence electrons. The molecule has 0 unspecified atom stereocenters. The zero-order valence-electron chi connectivity index (χ0n) is 9.49. The molecule has 1 aliphatic heterocycles. The number of cyclic esters (lactones) is 1. The Hall–Kier alpha value is -1.61. The van der Waals surface area contributed by atoms with Crippen molar-refractivity contribution < 1.29 is 14.3 Å². The van der Waals surface area contributed by atoms with Gasteiger partial charge in [0.2, 0.25) is 5.78 Å². The third kappa shape index (κ3) is 2.24. The number of rotatable bonds is 2. The molecule has 0 aromatic heterocycles. The molecule has 0 fully saturated rings. The van der Waals surface area contributed by atoms with E-state index < -0.39 is 17.4 Å². The molecule has 0 amide bonds. The van der Waals surface area contributed by atoms with E-state index in [9.17, 15) is 9.59 Å². The number of carbonyl (C=O) groups is 2. The second-order valence-corrected chi connectivity index (χ2v) is 4.77. The monoisotopic (exact) mass is 250 g/mol. The van der Waals surface area contributed by atoms with Gasteiger partial charge in [-0.05, 0) is 32.1 Å². The number of carbonyl (C=O) groups excluding carboxylic acids is 2. The van der Waals surface area contributed by atoms with E-state index >= 15 is 0 Å². The van der Waals surface area contributed by atoms with Crippen molar-refractivity contribution in [2.24, 2.45) is 0 Å². The van der Waals surface area contributed by atoms with E-state index in [4.69, 9.17) is 16.3 Å². The van der Waals surface area contributed by atoms with E-state index in [2.05, 4.69) is 0 Å². The van der Waals surface area contributed by atoms with Crippen LogP contribution in [-0.2, 0) is 9.53 Å². The van der Waals surface area contributed by atoms with Crippen molar-refractivity contribution in [3.05, 3.63) is 46.5 Å². The topological polar surface area (TPSA) is 43.4 Å². The first kappa shape index (κ1) is 11.9. The number of benzene rings is 1. The average Bonchev–Trinajstić information content (AvgIpc) is 2.52. The van der Waals surface area contributed by atoms with Gasteiger partial charge in [0.25, 0.3) is 0 Å². The summed E-state index contributed by atoms with van der Waals surface area (Å²) in [4.78, 5) is 23.7. The van der Waals surface area contributed by atoms with Gasteiger partial charge >= 0.3 is 5.97 Å². The summed E-state index contributed by atoms with van der Waals surface area (Å²) in [5.74, 6) is -0.994. The summed E-state index contributed by atoms with van der Waals surface area (Å²) in [6.45, 7) is 3.44. The number of hydrogen-bond donors (Lipinski definition) is 0. The van der Waals surface area contributed by atoms with E-state index in [1.807, 2.05) is 0 Å². The van der Waals surface area contributed by atoms with Crippen molar-refractivity contribution >= 4 is 23.4 Å². The fourth-order valence-corrected chi connectivity index (χ4v) is 1.90. The second kappa shape index (κ2) is 4.00. The van der Waals surface area contributed by atoms with Gasteiger partial charge in [0, 0.05) is 5.56 Å². The lowest BCUT2D eigenvalue weighted by atomic mass is 10.0. The number of ether oxygens (including phenoxy) is 1. The summed E-state index contributed by atoms with van der Waals surface area (Å²) in [7, 11) is 0. The maximum Gasteiger partial charge on any atom is 0.342 e. The van der Waals surface area contributed by atoms with E-state index in [1.165, 1.54) is 6.08 Å². The Kier molecular flexibility index (Phi) is 2.79. The van der Waals surface area contributed by atoms with Gasteiger partial charge in [-0.3, -0.25) is 4.79 Å². The fraction of sp³-hybridized carbons (Fsp3) is 0.231. The van der Waals surface area contributed by atoms with Crippen LogP contribution < -0.4 is 0 Å². The largest absolute Gasteiger partial charge is 0.452 e. The van der Waals surface area contributed by atoms with Crippen molar-refractivity contribution in [2.45, 2.75) is 19.4 Å². The predicted octanol–water partition coefficient (Wildman–Crippen LogP) is 2.78. The molecular weight excluding hydrogens is 240 g/mol. The lowest BCUT2D eigenvalue weighted by Crippen LogP contribution is -2.18. The Morgan fingerprint density at radius 1 is 1.29 bits per heavy atom. The van der Waals surface area contributed by atoms with Crippen molar-refractivity contribution in [1.82, 2.24) is 0 Å². The number of esters is 1. The first-order chi connectivity index (χ1) is 7.91. The van der Waals surface area contributed by atoms with Crippen LogP contribution >= 0.6 is 11.6 Å². The van der Waals surface area contributed by atoms with Gasteiger partial charge in [0.1, 0.15) is 11.2 Å². The summed E-state index contributed by atoms with van der Waals surface area (Å²) >= 11 is 5.92. The molecule has 0 spiro atoms. The van der Waals surface area contributed by atoms with Gasteiger partial charge < -0.3 is 4.74 Å². The van der Waals surface area contributed by atoms with Crippen LogP contribution in [0, 0.1) is 0 Å². The highest BCUT2D eigenvalue weighted by molar-refractivity contribution is 6.37. The number of Topliss-reactive ketones (excluding diaryl/α,β-unsaturated/α-hetero) is 1.